The number of nitrogens with zero attached hydrogens (tertiary/aromatic N) is 1. The summed E-state index contributed by atoms with van der Waals surface area (Å²) in [4.78, 5) is 34.7. The van der Waals surface area contributed by atoms with Crippen molar-refractivity contribution in [1.82, 2.24) is 5.32 Å². The number of carbonyl (C=O) groups excluding carboxylic acids is 2. The van der Waals surface area contributed by atoms with Crippen LogP contribution >= 0.6 is 0 Å². The van der Waals surface area contributed by atoms with Gasteiger partial charge in [-0.15, -0.1) is 0 Å². The first-order valence-corrected chi connectivity index (χ1v) is 7.33. The Morgan fingerprint density at radius 1 is 1.04 bits per heavy atom. The molecule has 4 N–H and O–H groups in total. The zero-order valence-corrected chi connectivity index (χ0v) is 13.1. The predicted octanol–water partition coefficient (Wildman–Crippen LogP) is 1.08. The number of rotatable bonds is 6. The molecule has 0 unspecified atom stereocenters. The van der Waals surface area contributed by atoms with Crippen molar-refractivity contribution < 1.29 is 19.5 Å². The molecule has 0 aromatic heterocycles. The highest BCUT2D eigenvalue weighted by atomic mass is 16.4. The smallest absolute Gasteiger partial charge is 0.335 e. The molecule has 126 valence electrons. The maximum atomic E-state index is 12.2. The Morgan fingerprint density at radius 2 is 1.60 bits per heavy atom. The lowest BCUT2D eigenvalue weighted by molar-refractivity contribution is -0.119. The molecule has 2 rings (SSSR count). The number of amides is 2. The maximum Gasteiger partial charge on any atom is 0.335 e. The van der Waals surface area contributed by atoms with E-state index < -0.39 is 23.8 Å². The van der Waals surface area contributed by atoms with Crippen molar-refractivity contribution in [2.45, 2.75) is 12.5 Å². The van der Waals surface area contributed by atoms with Gasteiger partial charge < -0.3 is 16.2 Å². The van der Waals surface area contributed by atoms with Crippen molar-refractivity contribution in [3.05, 3.63) is 70.8 Å². The minimum absolute atomic E-state index is 0.126. The number of nitrogens with two attached hydrogens (primary N) is 1. The minimum Gasteiger partial charge on any atom is -0.478 e. The van der Waals surface area contributed by atoms with E-state index >= 15 is 0 Å². The Hall–Kier alpha value is -3.66. The van der Waals surface area contributed by atoms with E-state index in [4.69, 9.17) is 16.1 Å². The first-order valence-electron chi connectivity index (χ1n) is 7.33. The fourth-order valence-corrected chi connectivity index (χ4v) is 2.18. The molecule has 0 heterocycles. The molecular weight excluding hydrogens is 322 g/mol. The van der Waals surface area contributed by atoms with Gasteiger partial charge in [0.25, 0.3) is 5.91 Å². The average Bonchev–Trinajstić information content (AvgIpc) is 2.61. The van der Waals surface area contributed by atoms with Gasteiger partial charge in [0.2, 0.25) is 5.91 Å². The van der Waals surface area contributed by atoms with Crippen LogP contribution in [0.2, 0.25) is 0 Å². The number of aromatic carboxylic acids is 1. The largest absolute Gasteiger partial charge is 0.478 e. The molecule has 0 radical (unpaired) electrons. The molecule has 0 fully saturated rings. The van der Waals surface area contributed by atoms with Crippen molar-refractivity contribution in [2.75, 3.05) is 0 Å². The highest BCUT2D eigenvalue weighted by molar-refractivity contribution is 5.97. The monoisotopic (exact) mass is 337 g/mol. The molecule has 1 atom stereocenters. The lowest BCUT2D eigenvalue weighted by atomic mass is 10.0. The summed E-state index contributed by atoms with van der Waals surface area (Å²) < 4.78 is 0. The lowest BCUT2D eigenvalue weighted by Gasteiger charge is -2.16. The topological polar surface area (TPSA) is 133 Å². The molecule has 2 amide bonds. The number of nitrogens with one attached hydrogen (secondary N) is 1. The predicted molar refractivity (Wildman–Crippen MR) is 88.7 cm³/mol. The number of hydrogen-bond donors (Lipinski definition) is 3. The summed E-state index contributed by atoms with van der Waals surface area (Å²) in [5.74, 6) is -2.24. The van der Waals surface area contributed by atoms with Gasteiger partial charge in [0.15, 0.2) is 0 Å². The van der Waals surface area contributed by atoms with Gasteiger partial charge in [0.05, 0.1) is 17.2 Å². The summed E-state index contributed by atoms with van der Waals surface area (Å²) in [6, 6.07) is 12.9. The summed E-state index contributed by atoms with van der Waals surface area (Å²) in [6.07, 6.45) is 0.136. The standard InChI is InChI=1S/C18H15N3O4/c19-10-12-3-5-13(6-4-12)17(23)21-15(16(20)22)9-11-1-7-14(8-2-11)18(24)25/h1-8,15H,9H2,(H2,20,22)(H,21,23)(H,24,25)/t15-/m1/s1. The van der Waals surface area contributed by atoms with E-state index in [9.17, 15) is 14.4 Å². The number of carboxylic acids is 1. The van der Waals surface area contributed by atoms with E-state index in [0.717, 1.165) is 0 Å². The van der Waals surface area contributed by atoms with Crippen LogP contribution < -0.4 is 11.1 Å². The molecule has 0 bridgehead atoms. The Labute approximate surface area is 143 Å². The molecule has 2 aromatic rings. The first kappa shape index (κ1) is 17.7. The van der Waals surface area contributed by atoms with E-state index in [1.807, 2.05) is 6.07 Å². The van der Waals surface area contributed by atoms with Crippen LogP contribution in [0.15, 0.2) is 48.5 Å². The molecule has 0 aliphatic carbocycles. The molecule has 7 nitrogen and oxygen atoms in total. The van der Waals surface area contributed by atoms with Crippen LogP contribution in [0.3, 0.4) is 0 Å². The van der Waals surface area contributed by atoms with Crippen molar-refractivity contribution >= 4 is 17.8 Å². The van der Waals surface area contributed by atoms with Gasteiger partial charge in [-0.3, -0.25) is 9.59 Å². The fourth-order valence-electron chi connectivity index (χ4n) is 2.18. The lowest BCUT2D eigenvalue weighted by Crippen LogP contribution is -2.45. The van der Waals surface area contributed by atoms with E-state index in [2.05, 4.69) is 5.32 Å². The van der Waals surface area contributed by atoms with Crippen molar-refractivity contribution in [1.29, 1.82) is 5.26 Å². The SMILES string of the molecule is N#Cc1ccc(C(=O)N[C@H](Cc2ccc(C(=O)O)cc2)C(N)=O)cc1. The van der Waals surface area contributed by atoms with Gasteiger partial charge >= 0.3 is 5.97 Å². The third-order valence-corrected chi connectivity index (χ3v) is 3.57. The Bertz CT molecular complexity index is 836. The highest BCUT2D eigenvalue weighted by Crippen LogP contribution is 2.09. The second-order valence-electron chi connectivity index (χ2n) is 5.32. The van der Waals surface area contributed by atoms with Crippen LogP contribution in [0.4, 0.5) is 0 Å². The number of carboxylic acid groups (broad SMARTS) is 1. The molecule has 0 saturated heterocycles. The average molecular weight is 337 g/mol. The van der Waals surface area contributed by atoms with Gasteiger partial charge in [0.1, 0.15) is 6.04 Å². The van der Waals surface area contributed by atoms with Crippen LogP contribution in [0.5, 0.6) is 0 Å². The summed E-state index contributed by atoms with van der Waals surface area (Å²) in [6.45, 7) is 0. The van der Waals surface area contributed by atoms with Crippen molar-refractivity contribution in [3.63, 3.8) is 0 Å². The number of hydrogen-bond acceptors (Lipinski definition) is 4. The Balaban J connectivity index is 2.09. The van der Waals surface area contributed by atoms with Crippen molar-refractivity contribution in [3.8, 4) is 6.07 Å². The molecule has 0 spiro atoms. The third kappa shape index (κ3) is 4.65. The third-order valence-electron chi connectivity index (χ3n) is 3.57. The maximum absolute atomic E-state index is 12.2. The zero-order chi connectivity index (χ0) is 18.4. The number of benzene rings is 2. The van der Waals surface area contributed by atoms with E-state index in [1.54, 1.807) is 12.1 Å². The van der Waals surface area contributed by atoms with Crippen molar-refractivity contribution in [2.24, 2.45) is 5.73 Å². The first-order chi connectivity index (χ1) is 11.9. The van der Waals surface area contributed by atoms with Crippen LogP contribution in [0, 0.1) is 11.3 Å². The molecular formula is C18H15N3O4. The fraction of sp³-hybridized carbons (Fsp3) is 0.111. The van der Waals surface area contributed by atoms with Crippen LogP contribution in [-0.2, 0) is 11.2 Å². The van der Waals surface area contributed by atoms with Gasteiger partial charge in [-0.1, -0.05) is 12.1 Å². The molecule has 0 aliphatic heterocycles. The van der Waals surface area contributed by atoms with Gasteiger partial charge in [-0.2, -0.15) is 5.26 Å². The summed E-state index contributed by atoms with van der Waals surface area (Å²) >= 11 is 0. The summed E-state index contributed by atoms with van der Waals surface area (Å²) in [5, 5.41) is 20.2. The van der Waals surface area contributed by atoms with Gasteiger partial charge in [0, 0.05) is 12.0 Å². The zero-order valence-electron chi connectivity index (χ0n) is 13.1. The number of primary amides is 1. The molecule has 7 heteroatoms. The van der Waals surface area contributed by atoms with Gasteiger partial charge in [-0.25, -0.2) is 4.79 Å². The second kappa shape index (κ2) is 7.75. The highest BCUT2D eigenvalue weighted by Gasteiger charge is 2.19. The number of nitriles is 1. The van der Waals surface area contributed by atoms with E-state index in [-0.39, 0.29) is 12.0 Å². The molecule has 25 heavy (non-hydrogen) atoms. The molecule has 0 saturated carbocycles. The van der Waals surface area contributed by atoms with Crippen LogP contribution in [-0.4, -0.2) is 28.9 Å². The van der Waals surface area contributed by atoms with E-state index in [0.29, 0.717) is 16.7 Å². The van der Waals surface area contributed by atoms with Gasteiger partial charge in [-0.05, 0) is 42.0 Å². The Morgan fingerprint density at radius 3 is 2.08 bits per heavy atom. The minimum atomic E-state index is -1.05. The quantitative estimate of drug-likeness (QED) is 0.725. The Kier molecular flexibility index (Phi) is 5.48. The van der Waals surface area contributed by atoms with Crippen LogP contribution in [0.25, 0.3) is 0 Å². The molecule has 0 aliphatic rings. The molecule has 2 aromatic carbocycles. The summed E-state index contributed by atoms with van der Waals surface area (Å²) in [5.41, 5.74) is 6.85. The van der Waals surface area contributed by atoms with Crippen LogP contribution in [0.1, 0.15) is 31.8 Å². The summed E-state index contributed by atoms with van der Waals surface area (Å²) in [7, 11) is 0. The van der Waals surface area contributed by atoms with E-state index in [1.165, 1.54) is 36.4 Å². The number of carbonyl (C=O) groups is 3. The second-order valence-corrected chi connectivity index (χ2v) is 5.32. The normalized spacial score (nSPS) is 11.2.